The van der Waals surface area contributed by atoms with E-state index in [4.69, 9.17) is 0 Å². The minimum Gasteiger partial charge on any atom is -0.390 e. The van der Waals surface area contributed by atoms with Crippen molar-refractivity contribution >= 4 is 17.4 Å². The van der Waals surface area contributed by atoms with Crippen molar-refractivity contribution in [2.75, 3.05) is 25.1 Å². The molecule has 17 heavy (non-hydrogen) atoms. The lowest BCUT2D eigenvalue weighted by atomic mass is 10.3. The highest BCUT2D eigenvalue weighted by Gasteiger charge is 2.11. The van der Waals surface area contributed by atoms with Crippen LogP contribution in [-0.4, -0.2) is 51.0 Å². The van der Waals surface area contributed by atoms with Crippen LogP contribution in [0.25, 0.3) is 0 Å². The maximum atomic E-state index is 10.4. The average Bonchev–Trinajstić information content (AvgIpc) is 2.73. The van der Waals surface area contributed by atoms with Crippen LogP contribution in [0, 0.1) is 10.1 Å². The molecule has 0 aliphatic rings. The van der Waals surface area contributed by atoms with Gasteiger partial charge in [0.15, 0.2) is 0 Å². The van der Waals surface area contributed by atoms with Gasteiger partial charge in [-0.3, -0.25) is 14.8 Å². The molecule has 1 heterocycles. The molecular weight excluding hydrogens is 244 g/mol. The Balaban J connectivity index is 2.29. The smallest absolute Gasteiger partial charge is 0.306 e. The number of aromatic nitrogens is 2. The second-order valence-electron chi connectivity index (χ2n) is 3.53. The summed E-state index contributed by atoms with van der Waals surface area (Å²) in [6.07, 6.45) is 3.90. The molecule has 1 aromatic rings. The van der Waals surface area contributed by atoms with Gasteiger partial charge in [0.2, 0.25) is 0 Å². The zero-order valence-electron chi connectivity index (χ0n) is 9.57. The number of hydrogen-bond donors (Lipinski definition) is 2. The Labute approximate surface area is 103 Å². The zero-order valence-corrected chi connectivity index (χ0v) is 10.4. The highest BCUT2D eigenvalue weighted by molar-refractivity contribution is 7.98. The van der Waals surface area contributed by atoms with E-state index in [9.17, 15) is 15.2 Å². The van der Waals surface area contributed by atoms with E-state index in [1.165, 1.54) is 17.1 Å². The summed E-state index contributed by atoms with van der Waals surface area (Å²) in [6, 6.07) is 0. The Hall–Kier alpha value is -1.12. The molecule has 0 saturated carbocycles. The maximum Gasteiger partial charge on any atom is 0.306 e. The molecule has 8 heteroatoms. The molecule has 0 fully saturated rings. The fraction of sp³-hybridized carbons (Fsp3) is 0.667. The lowest BCUT2D eigenvalue weighted by molar-refractivity contribution is -0.385. The first kappa shape index (κ1) is 13.9. The van der Waals surface area contributed by atoms with Gasteiger partial charge in [0.1, 0.15) is 12.4 Å². The number of thioether (sulfide) groups is 1. The van der Waals surface area contributed by atoms with Gasteiger partial charge in [0.05, 0.1) is 17.6 Å². The first-order valence-electron chi connectivity index (χ1n) is 5.18. The zero-order chi connectivity index (χ0) is 12.7. The molecule has 96 valence electrons. The van der Waals surface area contributed by atoms with Crippen LogP contribution in [0.5, 0.6) is 0 Å². The van der Waals surface area contributed by atoms with Gasteiger partial charge < -0.3 is 10.4 Å². The SMILES string of the molecule is CSCCNCC(O)Cn1cc([N+](=O)[O-])cn1. The molecule has 1 aromatic heterocycles. The van der Waals surface area contributed by atoms with Gasteiger partial charge in [-0.15, -0.1) is 0 Å². The monoisotopic (exact) mass is 260 g/mol. The normalized spacial score (nSPS) is 12.6. The van der Waals surface area contributed by atoms with Gasteiger partial charge in [-0.2, -0.15) is 16.9 Å². The van der Waals surface area contributed by atoms with Gasteiger partial charge in [-0.05, 0) is 6.26 Å². The van der Waals surface area contributed by atoms with E-state index >= 15 is 0 Å². The largest absolute Gasteiger partial charge is 0.390 e. The molecular formula is C9H16N4O3S. The summed E-state index contributed by atoms with van der Waals surface area (Å²) < 4.78 is 1.37. The van der Waals surface area contributed by atoms with E-state index in [1.54, 1.807) is 11.8 Å². The van der Waals surface area contributed by atoms with E-state index in [2.05, 4.69) is 10.4 Å². The number of aliphatic hydroxyl groups is 1. The summed E-state index contributed by atoms with van der Waals surface area (Å²) in [5.41, 5.74) is -0.0625. The molecule has 1 rings (SSSR count). The van der Waals surface area contributed by atoms with Crippen molar-refractivity contribution in [3.05, 3.63) is 22.5 Å². The van der Waals surface area contributed by atoms with Crippen LogP contribution >= 0.6 is 11.8 Å². The summed E-state index contributed by atoms with van der Waals surface area (Å²) in [5, 5.41) is 27.0. The fourth-order valence-electron chi connectivity index (χ4n) is 1.27. The van der Waals surface area contributed by atoms with Crippen molar-refractivity contribution in [1.29, 1.82) is 0 Å². The number of aliphatic hydroxyl groups excluding tert-OH is 1. The van der Waals surface area contributed by atoms with Crippen molar-refractivity contribution in [2.24, 2.45) is 0 Å². The van der Waals surface area contributed by atoms with Crippen molar-refractivity contribution < 1.29 is 10.0 Å². The Morgan fingerprint density at radius 3 is 3.12 bits per heavy atom. The summed E-state index contributed by atoms with van der Waals surface area (Å²) in [5.74, 6) is 0.986. The highest BCUT2D eigenvalue weighted by Crippen LogP contribution is 2.07. The molecule has 0 radical (unpaired) electrons. The molecule has 7 nitrogen and oxygen atoms in total. The van der Waals surface area contributed by atoms with E-state index in [1.807, 2.05) is 6.26 Å². The van der Waals surface area contributed by atoms with Gasteiger partial charge in [0, 0.05) is 18.8 Å². The van der Waals surface area contributed by atoms with Crippen molar-refractivity contribution in [1.82, 2.24) is 15.1 Å². The summed E-state index contributed by atoms with van der Waals surface area (Å²) in [6.45, 7) is 1.53. The lowest BCUT2D eigenvalue weighted by Gasteiger charge is -2.11. The van der Waals surface area contributed by atoms with E-state index in [-0.39, 0.29) is 12.2 Å². The molecule has 0 spiro atoms. The Kier molecular flexibility index (Phi) is 5.95. The van der Waals surface area contributed by atoms with Crippen LogP contribution in [-0.2, 0) is 6.54 Å². The number of nitrogens with zero attached hydrogens (tertiary/aromatic N) is 3. The Bertz CT molecular complexity index is 358. The van der Waals surface area contributed by atoms with Crippen LogP contribution in [0.4, 0.5) is 5.69 Å². The van der Waals surface area contributed by atoms with Crippen molar-refractivity contribution in [3.8, 4) is 0 Å². The third-order valence-electron chi connectivity index (χ3n) is 2.09. The third-order valence-corrected chi connectivity index (χ3v) is 2.70. The number of nitrogens with one attached hydrogen (secondary N) is 1. The molecule has 0 amide bonds. The van der Waals surface area contributed by atoms with Crippen molar-refractivity contribution in [2.45, 2.75) is 12.6 Å². The van der Waals surface area contributed by atoms with Gasteiger partial charge >= 0.3 is 5.69 Å². The molecule has 0 saturated heterocycles. The van der Waals surface area contributed by atoms with Crippen LogP contribution in [0.2, 0.25) is 0 Å². The van der Waals surface area contributed by atoms with Gasteiger partial charge in [-0.1, -0.05) is 0 Å². The number of rotatable bonds is 8. The Morgan fingerprint density at radius 2 is 2.53 bits per heavy atom. The third kappa shape index (κ3) is 5.16. The number of nitro groups is 1. The summed E-state index contributed by atoms with van der Waals surface area (Å²) in [7, 11) is 0. The van der Waals surface area contributed by atoms with Crippen LogP contribution in [0.15, 0.2) is 12.4 Å². The molecule has 1 unspecified atom stereocenters. The topological polar surface area (TPSA) is 93.2 Å². The second-order valence-corrected chi connectivity index (χ2v) is 4.51. The minimum atomic E-state index is -0.601. The molecule has 2 N–H and O–H groups in total. The fourth-order valence-corrected chi connectivity index (χ4v) is 1.62. The first-order chi connectivity index (χ1) is 8.13. The van der Waals surface area contributed by atoms with E-state index in [0.717, 1.165) is 12.3 Å². The average molecular weight is 260 g/mol. The Morgan fingerprint density at radius 1 is 1.76 bits per heavy atom. The predicted octanol–water partition coefficient (Wildman–Crippen LogP) is 0.105. The van der Waals surface area contributed by atoms with E-state index < -0.39 is 11.0 Å². The van der Waals surface area contributed by atoms with E-state index in [0.29, 0.717) is 6.54 Å². The lowest BCUT2D eigenvalue weighted by Crippen LogP contribution is -2.31. The standard InChI is InChI=1S/C9H16N4O3S/c1-17-3-2-10-5-9(14)7-12-6-8(4-11-12)13(15)16/h4,6,9-10,14H,2-3,5,7H2,1H3. The van der Waals surface area contributed by atoms with Crippen LogP contribution < -0.4 is 5.32 Å². The van der Waals surface area contributed by atoms with Crippen LogP contribution in [0.1, 0.15) is 0 Å². The molecule has 0 bridgehead atoms. The maximum absolute atomic E-state index is 10.4. The minimum absolute atomic E-state index is 0.0625. The summed E-state index contributed by atoms with van der Waals surface area (Å²) in [4.78, 5) is 9.91. The quantitative estimate of drug-likeness (QED) is 0.391. The van der Waals surface area contributed by atoms with Crippen molar-refractivity contribution in [3.63, 3.8) is 0 Å². The number of hydrogen-bond acceptors (Lipinski definition) is 6. The second kappa shape index (κ2) is 7.25. The molecule has 0 aliphatic heterocycles. The predicted molar refractivity (Wildman–Crippen MR) is 66.1 cm³/mol. The molecule has 0 aliphatic carbocycles. The molecule has 1 atom stereocenters. The summed E-state index contributed by atoms with van der Waals surface area (Å²) >= 11 is 1.73. The van der Waals surface area contributed by atoms with Crippen LogP contribution in [0.3, 0.4) is 0 Å². The molecule has 0 aromatic carbocycles. The first-order valence-corrected chi connectivity index (χ1v) is 6.57. The van der Waals surface area contributed by atoms with Gasteiger partial charge in [-0.25, -0.2) is 0 Å². The van der Waals surface area contributed by atoms with Gasteiger partial charge in [0.25, 0.3) is 0 Å². The highest BCUT2D eigenvalue weighted by atomic mass is 32.2.